The molecule has 2 aromatic rings. The third-order valence-electron chi connectivity index (χ3n) is 4.87. The van der Waals surface area contributed by atoms with Crippen LogP contribution in [0.5, 0.6) is 0 Å². The van der Waals surface area contributed by atoms with E-state index in [9.17, 15) is 4.79 Å². The molecule has 1 fully saturated rings. The molecule has 0 radical (unpaired) electrons. The highest BCUT2D eigenvalue weighted by molar-refractivity contribution is 7.09. The van der Waals surface area contributed by atoms with Crippen LogP contribution in [0.4, 0.5) is 0 Å². The average Bonchev–Trinajstić information content (AvgIpc) is 3.35. The topological polar surface area (TPSA) is 47.4 Å². The number of aromatic nitrogens is 2. The van der Waals surface area contributed by atoms with Crippen molar-refractivity contribution in [3.05, 3.63) is 39.8 Å². The minimum Gasteiger partial charge on any atom is -0.376 e. The molecule has 0 aromatic carbocycles. The van der Waals surface area contributed by atoms with Crippen molar-refractivity contribution in [3.8, 4) is 0 Å². The first-order chi connectivity index (χ1) is 11.8. The van der Waals surface area contributed by atoms with Gasteiger partial charge in [0.25, 0.3) is 5.91 Å². The number of hydrogen-bond donors (Lipinski definition) is 0. The van der Waals surface area contributed by atoms with Gasteiger partial charge in [-0.15, -0.1) is 11.3 Å². The molecule has 2 aliphatic rings. The van der Waals surface area contributed by atoms with Crippen LogP contribution in [0.15, 0.2) is 23.7 Å². The van der Waals surface area contributed by atoms with Crippen LogP contribution in [0.1, 0.15) is 46.6 Å². The molecule has 0 spiro atoms. The monoisotopic (exact) mass is 345 g/mol. The van der Waals surface area contributed by atoms with Crippen molar-refractivity contribution in [2.45, 2.75) is 51.3 Å². The molecule has 5 nitrogen and oxygen atoms in total. The quantitative estimate of drug-likeness (QED) is 0.836. The van der Waals surface area contributed by atoms with Crippen LogP contribution in [-0.2, 0) is 24.2 Å². The second kappa shape index (κ2) is 7.07. The van der Waals surface area contributed by atoms with Crippen LogP contribution >= 0.6 is 11.3 Å². The van der Waals surface area contributed by atoms with Gasteiger partial charge in [0, 0.05) is 24.6 Å². The van der Waals surface area contributed by atoms with Gasteiger partial charge in [0.1, 0.15) is 0 Å². The maximum absolute atomic E-state index is 13.2. The lowest BCUT2D eigenvalue weighted by Gasteiger charge is -2.25. The predicted molar refractivity (Wildman–Crippen MR) is 93.2 cm³/mol. The first-order valence-corrected chi connectivity index (χ1v) is 9.67. The molecule has 0 bridgehead atoms. The fourth-order valence-electron chi connectivity index (χ4n) is 3.61. The molecule has 2 aliphatic heterocycles. The van der Waals surface area contributed by atoms with Gasteiger partial charge >= 0.3 is 0 Å². The lowest BCUT2D eigenvalue weighted by atomic mass is 10.1. The van der Waals surface area contributed by atoms with Gasteiger partial charge in [-0.25, -0.2) is 0 Å². The van der Waals surface area contributed by atoms with Gasteiger partial charge in [-0.05, 0) is 43.6 Å². The second-order valence-corrected chi connectivity index (χ2v) is 7.62. The number of thiophene rings is 1. The SMILES string of the molecule is O=C(c1cnn2c1CCCC2)N(Cc1cccs1)C[C@H]1CCCO1. The van der Waals surface area contributed by atoms with E-state index in [2.05, 4.69) is 16.5 Å². The number of hydrogen-bond acceptors (Lipinski definition) is 4. The molecule has 1 atom stereocenters. The fraction of sp³-hybridized carbons (Fsp3) is 0.556. The Morgan fingerprint density at radius 2 is 2.38 bits per heavy atom. The van der Waals surface area contributed by atoms with E-state index >= 15 is 0 Å². The van der Waals surface area contributed by atoms with Gasteiger partial charge in [-0.1, -0.05) is 6.07 Å². The number of amides is 1. The summed E-state index contributed by atoms with van der Waals surface area (Å²) in [5.74, 6) is 0.0991. The molecule has 2 aromatic heterocycles. The molecule has 0 N–H and O–H groups in total. The zero-order chi connectivity index (χ0) is 16.4. The van der Waals surface area contributed by atoms with Crippen LogP contribution in [0.25, 0.3) is 0 Å². The van der Waals surface area contributed by atoms with E-state index < -0.39 is 0 Å². The van der Waals surface area contributed by atoms with Gasteiger partial charge in [0.15, 0.2) is 0 Å². The number of aryl methyl sites for hydroxylation is 1. The third kappa shape index (κ3) is 3.26. The van der Waals surface area contributed by atoms with E-state index in [1.807, 2.05) is 15.6 Å². The Balaban J connectivity index is 1.56. The maximum Gasteiger partial charge on any atom is 0.257 e. The molecule has 1 saturated heterocycles. The molecule has 0 unspecified atom stereocenters. The molecular weight excluding hydrogens is 322 g/mol. The molecule has 4 rings (SSSR count). The third-order valence-corrected chi connectivity index (χ3v) is 5.74. The van der Waals surface area contributed by atoms with Crippen LogP contribution in [-0.4, -0.2) is 39.8 Å². The van der Waals surface area contributed by atoms with E-state index in [4.69, 9.17) is 4.74 Å². The Morgan fingerprint density at radius 1 is 1.42 bits per heavy atom. The number of carbonyl (C=O) groups excluding carboxylic acids is 1. The molecular formula is C18H23N3O2S. The van der Waals surface area contributed by atoms with Gasteiger partial charge in [0.05, 0.1) is 30.1 Å². The van der Waals surface area contributed by atoms with Crippen molar-refractivity contribution in [1.29, 1.82) is 0 Å². The standard InChI is InChI=1S/C18H23N3O2S/c22-18(16-11-19-21-8-2-1-7-17(16)21)20(12-14-5-3-9-23-14)13-15-6-4-10-24-15/h4,6,10-11,14H,1-3,5,7-9,12-13H2/t14-/m1/s1. The summed E-state index contributed by atoms with van der Waals surface area (Å²) >= 11 is 1.70. The fourth-order valence-corrected chi connectivity index (χ4v) is 4.33. The van der Waals surface area contributed by atoms with Gasteiger partial charge < -0.3 is 9.64 Å². The Hall–Kier alpha value is -1.66. The lowest BCUT2D eigenvalue weighted by Crippen LogP contribution is -2.37. The van der Waals surface area contributed by atoms with Crippen LogP contribution < -0.4 is 0 Å². The van der Waals surface area contributed by atoms with Gasteiger partial charge in [0.2, 0.25) is 0 Å². The molecule has 128 valence electrons. The van der Waals surface area contributed by atoms with E-state index in [0.29, 0.717) is 13.1 Å². The number of rotatable bonds is 5. The number of nitrogens with zero attached hydrogens (tertiary/aromatic N) is 3. The van der Waals surface area contributed by atoms with Crippen molar-refractivity contribution in [1.82, 2.24) is 14.7 Å². The van der Waals surface area contributed by atoms with Crippen LogP contribution in [0, 0.1) is 0 Å². The normalized spacial score (nSPS) is 20.1. The Bertz CT molecular complexity index is 689. The van der Waals surface area contributed by atoms with Gasteiger partial charge in [-0.2, -0.15) is 5.10 Å². The number of ether oxygens (including phenoxy) is 1. The molecule has 6 heteroatoms. The summed E-state index contributed by atoms with van der Waals surface area (Å²) in [7, 11) is 0. The smallest absolute Gasteiger partial charge is 0.257 e. The molecule has 0 aliphatic carbocycles. The summed E-state index contributed by atoms with van der Waals surface area (Å²) in [5.41, 5.74) is 1.89. The van der Waals surface area contributed by atoms with Crippen molar-refractivity contribution < 1.29 is 9.53 Å². The minimum absolute atomic E-state index is 0.0991. The van der Waals surface area contributed by atoms with E-state index in [1.165, 1.54) is 4.88 Å². The van der Waals surface area contributed by atoms with E-state index in [-0.39, 0.29) is 12.0 Å². The highest BCUT2D eigenvalue weighted by atomic mass is 32.1. The summed E-state index contributed by atoms with van der Waals surface area (Å²) in [6.07, 6.45) is 7.31. The Labute approximate surface area is 146 Å². The van der Waals surface area contributed by atoms with Crippen molar-refractivity contribution in [2.24, 2.45) is 0 Å². The molecule has 4 heterocycles. The lowest BCUT2D eigenvalue weighted by molar-refractivity contribution is 0.0508. The van der Waals surface area contributed by atoms with Crippen molar-refractivity contribution in [3.63, 3.8) is 0 Å². The summed E-state index contributed by atoms with van der Waals surface area (Å²) in [6, 6.07) is 4.13. The molecule has 1 amide bonds. The minimum atomic E-state index is 0.0991. The van der Waals surface area contributed by atoms with E-state index in [1.54, 1.807) is 17.5 Å². The summed E-state index contributed by atoms with van der Waals surface area (Å²) in [5, 5.41) is 6.49. The second-order valence-electron chi connectivity index (χ2n) is 6.59. The highest BCUT2D eigenvalue weighted by Gasteiger charge is 2.27. The van der Waals surface area contributed by atoms with E-state index in [0.717, 1.165) is 56.5 Å². The largest absolute Gasteiger partial charge is 0.376 e. The zero-order valence-corrected chi connectivity index (χ0v) is 14.6. The van der Waals surface area contributed by atoms with Gasteiger partial charge in [-0.3, -0.25) is 9.48 Å². The molecule has 0 saturated carbocycles. The zero-order valence-electron chi connectivity index (χ0n) is 13.8. The summed E-state index contributed by atoms with van der Waals surface area (Å²) in [6.45, 7) is 3.07. The first-order valence-electron chi connectivity index (χ1n) is 8.79. The Kier molecular flexibility index (Phi) is 4.67. The number of carbonyl (C=O) groups is 1. The Morgan fingerprint density at radius 3 is 3.17 bits per heavy atom. The summed E-state index contributed by atoms with van der Waals surface area (Å²) < 4.78 is 7.78. The first kappa shape index (κ1) is 15.8. The predicted octanol–water partition coefficient (Wildman–Crippen LogP) is 3.10. The van der Waals surface area contributed by atoms with Crippen LogP contribution in [0.2, 0.25) is 0 Å². The maximum atomic E-state index is 13.2. The summed E-state index contributed by atoms with van der Waals surface area (Å²) in [4.78, 5) is 16.4. The highest BCUT2D eigenvalue weighted by Crippen LogP contribution is 2.23. The van der Waals surface area contributed by atoms with Crippen molar-refractivity contribution >= 4 is 17.2 Å². The van der Waals surface area contributed by atoms with Crippen LogP contribution in [0.3, 0.4) is 0 Å². The molecule has 24 heavy (non-hydrogen) atoms. The number of fused-ring (bicyclic) bond motifs is 1. The van der Waals surface area contributed by atoms with Crippen molar-refractivity contribution in [2.75, 3.05) is 13.2 Å². The average molecular weight is 345 g/mol.